The average Bonchev–Trinajstić information content (AvgIpc) is 2.30. The minimum atomic E-state index is 0.592. The molecular weight excluding hydrogens is 246 g/mol. The molecule has 0 aliphatic heterocycles. The molecule has 2 rings (SSSR count). The molecule has 0 spiro atoms. The molecule has 1 fully saturated rings. The Balaban J connectivity index is 1.96. The molecule has 1 atom stereocenters. The molecule has 0 saturated heterocycles. The van der Waals surface area contributed by atoms with Crippen molar-refractivity contribution in [2.75, 3.05) is 26.8 Å². The van der Waals surface area contributed by atoms with Crippen molar-refractivity contribution in [1.29, 1.82) is 0 Å². The van der Waals surface area contributed by atoms with Crippen LogP contribution in [-0.2, 0) is 4.74 Å². The van der Waals surface area contributed by atoms with Crippen LogP contribution in [0.4, 0.5) is 0 Å². The van der Waals surface area contributed by atoms with Gasteiger partial charge in [0.15, 0.2) is 0 Å². The Morgan fingerprint density at radius 2 is 2.28 bits per heavy atom. The highest BCUT2D eigenvalue weighted by Gasteiger charge is 2.28. The van der Waals surface area contributed by atoms with Crippen molar-refractivity contribution in [3.8, 4) is 0 Å². The van der Waals surface area contributed by atoms with Gasteiger partial charge in [-0.2, -0.15) is 0 Å². The van der Waals surface area contributed by atoms with E-state index in [2.05, 4.69) is 23.5 Å². The van der Waals surface area contributed by atoms with Crippen LogP contribution in [-0.4, -0.2) is 26.8 Å². The standard InChI is InChI=1S/C15H22ClNO/c1-18-9-8-17-11-15(12-4-2-5-12)13-6-3-7-14(16)10-13/h3,6-7,10,12,15,17H,2,4-5,8-9,11H2,1H3. The van der Waals surface area contributed by atoms with Crippen LogP contribution in [0.2, 0.25) is 5.02 Å². The molecule has 1 aromatic rings. The molecule has 2 nitrogen and oxygen atoms in total. The van der Waals surface area contributed by atoms with Crippen LogP contribution in [0.25, 0.3) is 0 Å². The van der Waals surface area contributed by atoms with E-state index in [-0.39, 0.29) is 0 Å². The van der Waals surface area contributed by atoms with Crippen LogP contribution in [0.1, 0.15) is 30.7 Å². The quantitative estimate of drug-likeness (QED) is 0.764. The van der Waals surface area contributed by atoms with Crippen LogP contribution in [0, 0.1) is 5.92 Å². The van der Waals surface area contributed by atoms with Crippen LogP contribution in [0.3, 0.4) is 0 Å². The van der Waals surface area contributed by atoms with Crippen LogP contribution in [0.5, 0.6) is 0 Å². The van der Waals surface area contributed by atoms with E-state index in [1.165, 1.54) is 24.8 Å². The summed E-state index contributed by atoms with van der Waals surface area (Å²) in [6.45, 7) is 2.71. The van der Waals surface area contributed by atoms with Gasteiger partial charge in [-0.15, -0.1) is 0 Å². The SMILES string of the molecule is COCCNCC(c1cccc(Cl)c1)C1CCC1. The molecule has 1 aliphatic rings. The summed E-state index contributed by atoms with van der Waals surface area (Å²) < 4.78 is 5.07. The zero-order chi connectivity index (χ0) is 12.8. The molecule has 18 heavy (non-hydrogen) atoms. The fourth-order valence-electron chi connectivity index (χ4n) is 2.57. The minimum Gasteiger partial charge on any atom is -0.383 e. The Labute approximate surface area is 115 Å². The van der Waals surface area contributed by atoms with Gasteiger partial charge in [0, 0.05) is 25.2 Å². The largest absolute Gasteiger partial charge is 0.383 e. The molecule has 0 amide bonds. The lowest BCUT2D eigenvalue weighted by atomic mass is 9.73. The summed E-state index contributed by atoms with van der Waals surface area (Å²) in [4.78, 5) is 0. The van der Waals surface area contributed by atoms with E-state index in [1.807, 2.05) is 6.07 Å². The van der Waals surface area contributed by atoms with Crippen molar-refractivity contribution in [1.82, 2.24) is 5.32 Å². The van der Waals surface area contributed by atoms with Crippen LogP contribution in [0.15, 0.2) is 24.3 Å². The summed E-state index contributed by atoms with van der Waals surface area (Å²) in [5.41, 5.74) is 1.37. The summed E-state index contributed by atoms with van der Waals surface area (Å²) in [5, 5.41) is 4.33. The fourth-order valence-corrected chi connectivity index (χ4v) is 2.77. The topological polar surface area (TPSA) is 21.3 Å². The van der Waals surface area contributed by atoms with Crippen molar-refractivity contribution in [2.45, 2.75) is 25.2 Å². The third-order valence-corrected chi connectivity index (χ3v) is 4.08. The lowest BCUT2D eigenvalue weighted by molar-refractivity contribution is 0.194. The van der Waals surface area contributed by atoms with Gasteiger partial charge in [0.2, 0.25) is 0 Å². The lowest BCUT2D eigenvalue weighted by Crippen LogP contribution is -2.31. The van der Waals surface area contributed by atoms with Gasteiger partial charge < -0.3 is 10.1 Å². The number of halogens is 1. The monoisotopic (exact) mass is 267 g/mol. The molecule has 1 aliphatic carbocycles. The lowest BCUT2D eigenvalue weighted by Gasteiger charge is -2.34. The third-order valence-electron chi connectivity index (χ3n) is 3.84. The van der Waals surface area contributed by atoms with E-state index in [4.69, 9.17) is 16.3 Å². The van der Waals surface area contributed by atoms with Gasteiger partial charge in [0.25, 0.3) is 0 Å². The number of benzene rings is 1. The second-order valence-electron chi connectivity index (χ2n) is 5.05. The first kappa shape index (κ1) is 13.9. The highest BCUT2D eigenvalue weighted by molar-refractivity contribution is 6.30. The number of ether oxygens (including phenoxy) is 1. The summed E-state index contributed by atoms with van der Waals surface area (Å²) in [6.07, 6.45) is 4.08. The molecule has 0 heterocycles. The first-order valence-electron chi connectivity index (χ1n) is 6.76. The fraction of sp³-hybridized carbons (Fsp3) is 0.600. The zero-order valence-electron chi connectivity index (χ0n) is 11.0. The van der Waals surface area contributed by atoms with E-state index in [0.717, 1.165) is 30.6 Å². The summed E-state index contributed by atoms with van der Waals surface area (Å²) in [6, 6.07) is 8.31. The van der Waals surface area contributed by atoms with E-state index >= 15 is 0 Å². The second-order valence-corrected chi connectivity index (χ2v) is 5.49. The van der Waals surface area contributed by atoms with Crippen molar-refractivity contribution in [2.24, 2.45) is 5.92 Å². The van der Waals surface area contributed by atoms with Crippen molar-refractivity contribution in [3.63, 3.8) is 0 Å². The smallest absolute Gasteiger partial charge is 0.0587 e. The minimum absolute atomic E-state index is 0.592. The maximum atomic E-state index is 6.10. The van der Waals surface area contributed by atoms with E-state index in [0.29, 0.717) is 5.92 Å². The Kier molecular flexibility index (Phi) is 5.48. The Hall–Kier alpha value is -0.570. The molecule has 1 saturated carbocycles. The highest BCUT2D eigenvalue weighted by Crippen LogP contribution is 2.39. The number of rotatable bonds is 7. The maximum Gasteiger partial charge on any atom is 0.0587 e. The van der Waals surface area contributed by atoms with Gasteiger partial charge in [0.05, 0.1) is 6.61 Å². The molecule has 3 heteroatoms. The normalized spacial score (nSPS) is 17.4. The van der Waals surface area contributed by atoms with Crippen molar-refractivity contribution < 1.29 is 4.74 Å². The number of methoxy groups -OCH3 is 1. The molecule has 0 aromatic heterocycles. The summed E-state index contributed by atoms with van der Waals surface area (Å²) in [7, 11) is 1.74. The van der Waals surface area contributed by atoms with Crippen LogP contribution >= 0.6 is 11.6 Å². The Morgan fingerprint density at radius 3 is 2.89 bits per heavy atom. The van der Waals surface area contributed by atoms with E-state index in [1.54, 1.807) is 7.11 Å². The number of hydrogen-bond acceptors (Lipinski definition) is 2. The predicted octanol–water partition coefficient (Wildman–Crippen LogP) is 3.46. The Bertz CT molecular complexity index is 365. The van der Waals surface area contributed by atoms with Crippen LogP contribution < -0.4 is 5.32 Å². The molecule has 1 aromatic carbocycles. The second kappa shape index (κ2) is 7.13. The van der Waals surface area contributed by atoms with Gasteiger partial charge in [0.1, 0.15) is 0 Å². The van der Waals surface area contributed by atoms with E-state index < -0.39 is 0 Å². The Morgan fingerprint density at radius 1 is 1.44 bits per heavy atom. The van der Waals surface area contributed by atoms with Crippen molar-refractivity contribution >= 4 is 11.6 Å². The van der Waals surface area contributed by atoms with Gasteiger partial charge in [-0.05, 0) is 42.4 Å². The maximum absolute atomic E-state index is 6.10. The summed E-state index contributed by atoms with van der Waals surface area (Å²) in [5.74, 6) is 1.41. The van der Waals surface area contributed by atoms with Gasteiger partial charge in [-0.3, -0.25) is 0 Å². The molecule has 100 valence electrons. The zero-order valence-corrected chi connectivity index (χ0v) is 11.7. The first-order chi connectivity index (χ1) is 8.81. The summed E-state index contributed by atoms with van der Waals surface area (Å²) >= 11 is 6.10. The molecule has 1 unspecified atom stereocenters. The number of nitrogens with one attached hydrogen (secondary N) is 1. The third kappa shape index (κ3) is 3.71. The molecule has 0 bridgehead atoms. The van der Waals surface area contributed by atoms with E-state index in [9.17, 15) is 0 Å². The predicted molar refractivity (Wildman–Crippen MR) is 76.3 cm³/mol. The van der Waals surface area contributed by atoms with Gasteiger partial charge in [-0.25, -0.2) is 0 Å². The highest BCUT2D eigenvalue weighted by atomic mass is 35.5. The van der Waals surface area contributed by atoms with Gasteiger partial charge in [-0.1, -0.05) is 30.2 Å². The molecular formula is C15H22ClNO. The van der Waals surface area contributed by atoms with Gasteiger partial charge >= 0.3 is 0 Å². The van der Waals surface area contributed by atoms with Crippen molar-refractivity contribution in [3.05, 3.63) is 34.9 Å². The number of hydrogen-bond donors (Lipinski definition) is 1. The average molecular weight is 268 g/mol. The first-order valence-corrected chi connectivity index (χ1v) is 7.14. The molecule has 1 N–H and O–H groups in total. The molecule has 0 radical (unpaired) electrons.